The molecule has 1 N–H and O–H groups in total. The molecule has 0 spiro atoms. The van der Waals surface area contributed by atoms with Crippen molar-refractivity contribution < 1.29 is 13.5 Å². The van der Waals surface area contributed by atoms with Gasteiger partial charge in [-0.2, -0.15) is 4.98 Å². The summed E-state index contributed by atoms with van der Waals surface area (Å²) in [5, 5.41) is 8.21. The lowest BCUT2D eigenvalue weighted by atomic mass is 9.92. The van der Waals surface area contributed by atoms with Crippen LogP contribution in [0.3, 0.4) is 0 Å². The van der Waals surface area contributed by atoms with E-state index in [9.17, 15) is 8.78 Å². The van der Waals surface area contributed by atoms with Crippen molar-refractivity contribution in [1.82, 2.24) is 24.7 Å². The van der Waals surface area contributed by atoms with Gasteiger partial charge in [0.25, 0.3) is 0 Å². The van der Waals surface area contributed by atoms with Crippen LogP contribution in [0.25, 0.3) is 0 Å². The summed E-state index contributed by atoms with van der Waals surface area (Å²) in [7, 11) is 0. The van der Waals surface area contributed by atoms with Crippen LogP contribution in [0.4, 0.5) is 20.5 Å². The van der Waals surface area contributed by atoms with Crippen molar-refractivity contribution in [3.05, 3.63) is 47.9 Å². The van der Waals surface area contributed by atoms with Gasteiger partial charge in [-0.15, -0.1) is 5.10 Å². The quantitative estimate of drug-likeness (QED) is 0.602. The Hall–Kier alpha value is -3.30. The van der Waals surface area contributed by atoms with Crippen molar-refractivity contribution in [3.63, 3.8) is 0 Å². The fourth-order valence-electron chi connectivity index (χ4n) is 5.05. The number of rotatable bonds is 6. The zero-order valence-electron chi connectivity index (χ0n) is 18.3. The van der Waals surface area contributed by atoms with E-state index >= 15 is 0 Å². The number of fused-ring (bicyclic) bond motifs is 2. The normalized spacial score (nSPS) is 24.2. The topological polar surface area (TPSA) is 81.0 Å². The van der Waals surface area contributed by atoms with Gasteiger partial charge in [-0.05, 0) is 56.6 Å². The van der Waals surface area contributed by atoms with E-state index in [2.05, 4.69) is 30.3 Å². The molecule has 3 heterocycles. The molecule has 2 aromatic heterocycles. The van der Waals surface area contributed by atoms with E-state index in [4.69, 9.17) is 4.74 Å². The maximum Gasteiger partial charge on any atom is 0.322 e. The van der Waals surface area contributed by atoms with Crippen molar-refractivity contribution in [3.8, 4) is 11.8 Å². The van der Waals surface area contributed by atoms with E-state index < -0.39 is 11.6 Å². The summed E-state index contributed by atoms with van der Waals surface area (Å²) in [5.74, 6) is 0.759. The molecule has 2 aliphatic carbocycles. The first-order valence-electron chi connectivity index (χ1n) is 11.4. The molecule has 1 unspecified atom stereocenters. The number of benzene rings is 1. The molecular weight excluding hydrogens is 428 g/mol. The number of nitrogens with one attached hydrogen (secondary N) is 1. The van der Waals surface area contributed by atoms with Gasteiger partial charge in [0, 0.05) is 37.0 Å². The highest BCUT2D eigenvalue weighted by Gasteiger charge is 2.43. The molecule has 1 saturated heterocycles. The average molecular weight is 453 g/mol. The van der Waals surface area contributed by atoms with Gasteiger partial charge in [0.05, 0.1) is 6.04 Å². The van der Waals surface area contributed by atoms with Gasteiger partial charge in [0.2, 0.25) is 5.95 Å². The van der Waals surface area contributed by atoms with Gasteiger partial charge < -0.3 is 15.0 Å². The van der Waals surface area contributed by atoms with Crippen LogP contribution in [0.5, 0.6) is 11.8 Å². The number of hydrogen-bond acceptors (Lipinski definition) is 7. The van der Waals surface area contributed by atoms with Gasteiger partial charge >= 0.3 is 6.01 Å². The Morgan fingerprint density at radius 2 is 1.79 bits per heavy atom. The number of ether oxygens (including phenoxy) is 1. The minimum atomic E-state index is -0.953. The van der Waals surface area contributed by atoms with E-state index in [1.54, 1.807) is 11.0 Å². The Balaban J connectivity index is 1.19. The van der Waals surface area contributed by atoms with Crippen LogP contribution < -0.4 is 15.0 Å². The summed E-state index contributed by atoms with van der Waals surface area (Å²) in [4.78, 5) is 15.6. The number of piperidine rings is 1. The molecule has 1 aromatic carbocycles. The highest BCUT2D eigenvalue weighted by atomic mass is 19.2. The van der Waals surface area contributed by atoms with Crippen molar-refractivity contribution in [2.24, 2.45) is 11.8 Å². The van der Waals surface area contributed by atoms with E-state index in [-0.39, 0.29) is 17.8 Å². The van der Waals surface area contributed by atoms with Crippen molar-refractivity contribution >= 4 is 11.8 Å². The number of aromatic nitrogens is 5. The second-order valence-electron chi connectivity index (χ2n) is 9.26. The third-order valence-electron chi connectivity index (χ3n) is 6.84. The molecule has 0 amide bonds. The van der Waals surface area contributed by atoms with E-state index in [0.29, 0.717) is 23.8 Å². The van der Waals surface area contributed by atoms with E-state index in [1.807, 2.05) is 13.0 Å². The average Bonchev–Trinajstić information content (AvgIpc) is 3.53. The molecule has 1 aliphatic heterocycles. The number of halogens is 2. The lowest BCUT2D eigenvalue weighted by molar-refractivity contribution is 0.374. The van der Waals surface area contributed by atoms with Gasteiger partial charge in [-0.1, -0.05) is 0 Å². The molecule has 3 fully saturated rings. The zero-order valence-corrected chi connectivity index (χ0v) is 18.3. The maximum atomic E-state index is 13.6. The Bertz CT molecular complexity index is 1170. The van der Waals surface area contributed by atoms with Crippen LogP contribution in [0.15, 0.2) is 30.6 Å². The maximum absolute atomic E-state index is 13.6. The minimum Gasteiger partial charge on any atom is -0.424 e. The van der Waals surface area contributed by atoms with Crippen LogP contribution >= 0.6 is 0 Å². The number of nitrogens with zero attached hydrogens (tertiary/aromatic N) is 6. The van der Waals surface area contributed by atoms with E-state index in [1.165, 1.54) is 6.07 Å². The summed E-state index contributed by atoms with van der Waals surface area (Å²) in [6.07, 6.45) is 5.91. The molecule has 6 rings (SSSR count). The number of aryl methyl sites for hydroxylation is 1. The molecule has 0 radical (unpaired) electrons. The lowest BCUT2D eigenvalue weighted by Crippen LogP contribution is -2.48. The second-order valence-corrected chi connectivity index (χ2v) is 9.26. The predicted molar refractivity (Wildman–Crippen MR) is 117 cm³/mol. The van der Waals surface area contributed by atoms with Crippen molar-refractivity contribution in [1.29, 1.82) is 0 Å². The molecule has 172 valence electrons. The predicted octanol–water partition coefficient (Wildman–Crippen LogP) is 4.11. The SMILES string of the molecule is Cc1cc(N2C[C@H]3CC[C@@H](C2)C3Nc2nc(Oc3ccc(F)c(F)c3)n(C3CC3)n2)ncn1. The Morgan fingerprint density at radius 3 is 2.48 bits per heavy atom. The lowest BCUT2D eigenvalue weighted by Gasteiger charge is -2.38. The van der Waals surface area contributed by atoms with Gasteiger partial charge in [0.1, 0.15) is 17.9 Å². The summed E-state index contributed by atoms with van der Waals surface area (Å²) >= 11 is 0. The van der Waals surface area contributed by atoms with Gasteiger partial charge in [-0.25, -0.2) is 23.4 Å². The Kier molecular flexibility index (Phi) is 4.88. The standard InChI is InChI=1S/C23H25F2N7O/c1-13-8-20(27-12-26-13)31-10-14-2-3-15(11-31)21(14)28-22-29-23(32(30-22)16-4-5-16)33-17-6-7-18(24)19(25)9-17/h6-9,12,14-16,21H,2-5,10-11H2,1H3,(H,28,30)/t14-,15+,21?. The first-order valence-corrected chi connectivity index (χ1v) is 11.4. The molecule has 8 nitrogen and oxygen atoms in total. The first kappa shape index (κ1) is 20.3. The summed E-state index contributed by atoms with van der Waals surface area (Å²) in [5.41, 5.74) is 0.968. The molecule has 33 heavy (non-hydrogen) atoms. The van der Waals surface area contributed by atoms with Crippen LogP contribution in [-0.2, 0) is 0 Å². The van der Waals surface area contributed by atoms with Crippen LogP contribution in [0.1, 0.15) is 37.4 Å². The van der Waals surface area contributed by atoms with Crippen LogP contribution in [-0.4, -0.2) is 43.9 Å². The molecule has 2 saturated carbocycles. The third-order valence-corrected chi connectivity index (χ3v) is 6.84. The van der Waals surface area contributed by atoms with Gasteiger partial charge in [-0.3, -0.25) is 0 Å². The summed E-state index contributed by atoms with van der Waals surface area (Å²) in [6.45, 7) is 3.83. The smallest absolute Gasteiger partial charge is 0.322 e. The second kappa shape index (κ2) is 7.93. The molecule has 2 bridgehead atoms. The molecular formula is C23H25F2N7O. The third kappa shape index (κ3) is 3.98. The van der Waals surface area contributed by atoms with Crippen LogP contribution in [0, 0.1) is 30.4 Å². The highest BCUT2D eigenvalue weighted by Crippen LogP contribution is 2.41. The largest absolute Gasteiger partial charge is 0.424 e. The number of anilines is 2. The molecule has 3 aromatic rings. The van der Waals surface area contributed by atoms with Crippen LogP contribution in [0.2, 0.25) is 0 Å². The fourth-order valence-corrected chi connectivity index (χ4v) is 5.05. The molecule has 3 atom stereocenters. The highest BCUT2D eigenvalue weighted by molar-refractivity contribution is 5.42. The molecule has 10 heteroatoms. The summed E-state index contributed by atoms with van der Waals surface area (Å²) < 4.78 is 34.4. The van der Waals surface area contributed by atoms with Crippen molar-refractivity contribution in [2.75, 3.05) is 23.3 Å². The van der Waals surface area contributed by atoms with Gasteiger partial charge in [0.15, 0.2) is 11.6 Å². The summed E-state index contributed by atoms with van der Waals surface area (Å²) in [6, 6.07) is 6.30. The van der Waals surface area contributed by atoms with E-state index in [0.717, 1.165) is 62.4 Å². The van der Waals surface area contributed by atoms with Crippen molar-refractivity contribution in [2.45, 2.75) is 44.7 Å². The Labute approximate surface area is 190 Å². The number of hydrogen-bond donors (Lipinski definition) is 1. The zero-order chi connectivity index (χ0) is 22.5. The first-order chi connectivity index (χ1) is 16.0. The molecule has 3 aliphatic rings. The Morgan fingerprint density at radius 1 is 1.00 bits per heavy atom. The monoisotopic (exact) mass is 453 g/mol. The minimum absolute atomic E-state index is 0.197. The fraction of sp³-hybridized carbons (Fsp3) is 0.478.